The number of hydrogen-bond acceptors (Lipinski definition) is 3. The highest BCUT2D eigenvalue weighted by molar-refractivity contribution is 5.27. The quantitative estimate of drug-likeness (QED) is 0.780. The molecule has 0 aliphatic heterocycles. The molecule has 134 valence electrons. The van der Waals surface area contributed by atoms with Crippen LogP contribution < -0.4 is 0 Å². The molecule has 3 nitrogen and oxygen atoms in total. The molecule has 2 aliphatic rings. The smallest absolute Gasteiger partial charge is 0.361 e. The van der Waals surface area contributed by atoms with Crippen LogP contribution in [-0.2, 0) is 32.1 Å². The maximum absolute atomic E-state index is 12.7. The van der Waals surface area contributed by atoms with Gasteiger partial charge in [0, 0.05) is 31.1 Å². The highest BCUT2D eigenvalue weighted by Gasteiger charge is 2.32. The molecule has 0 unspecified atom stereocenters. The zero-order valence-electron chi connectivity index (χ0n) is 14.0. The molecule has 25 heavy (non-hydrogen) atoms. The van der Waals surface area contributed by atoms with Gasteiger partial charge in [0.2, 0.25) is 0 Å². The Balaban J connectivity index is 1.48. The summed E-state index contributed by atoms with van der Waals surface area (Å²) >= 11 is 0. The molecule has 2 aromatic rings. The van der Waals surface area contributed by atoms with Gasteiger partial charge in [-0.2, -0.15) is 13.2 Å². The van der Waals surface area contributed by atoms with Gasteiger partial charge in [0.15, 0.2) is 0 Å². The Hall–Kier alpha value is -1.82. The van der Waals surface area contributed by atoms with E-state index in [1.54, 1.807) is 12.1 Å². The molecule has 0 N–H and O–H groups in total. The van der Waals surface area contributed by atoms with Gasteiger partial charge in [-0.3, -0.25) is 4.90 Å². The van der Waals surface area contributed by atoms with Crippen molar-refractivity contribution in [3.63, 3.8) is 0 Å². The second-order valence-corrected chi connectivity index (χ2v) is 7.07. The minimum atomic E-state index is -4.28. The van der Waals surface area contributed by atoms with Crippen LogP contribution in [0.2, 0.25) is 0 Å². The van der Waals surface area contributed by atoms with Gasteiger partial charge in [-0.15, -0.1) is 0 Å². The number of alkyl halides is 3. The molecule has 0 bridgehead atoms. The van der Waals surface area contributed by atoms with Gasteiger partial charge in [0.05, 0.1) is 5.56 Å². The molecule has 1 heterocycles. The third-order valence-electron chi connectivity index (χ3n) is 5.11. The highest BCUT2D eigenvalue weighted by Crippen LogP contribution is 2.33. The number of nitrogens with zero attached hydrogens (tertiary/aromatic N) is 2. The number of benzene rings is 1. The number of halogens is 3. The van der Waals surface area contributed by atoms with Crippen molar-refractivity contribution in [2.24, 2.45) is 0 Å². The van der Waals surface area contributed by atoms with Gasteiger partial charge in [0.25, 0.3) is 0 Å². The summed E-state index contributed by atoms with van der Waals surface area (Å²) in [5.41, 5.74) is 2.56. The molecule has 6 heteroatoms. The van der Waals surface area contributed by atoms with Crippen molar-refractivity contribution >= 4 is 0 Å². The predicted molar refractivity (Wildman–Crippen MR) is 86.9 cm³/mol. The van der Waals surface area contributed by atoms with E-state index in [2.05, 4.69) is 10.1 Å². The van der Waals surface area contributed by atoms with Crippen LogP contribution in [0.1, 0.15) is 53.8 Å². The molecule has 0 spiro atoms. The molecule has 0 amide bonds. The number of aromatic nitrogens is 1. The van der Waals surface area contributed by atoms with E-state index in [1.165, 1.54) is 24.1 Å². The van der Waals surface area contributed by atoms with Crippen molar-refractivity contribution in [2.45, 2.75) is 63.8 Å². The first-order chi connectivity index (χ1) is 12.0. The van der Waals surface area contributed by atoms with E-state index in [0.29, 0.717) is 19.1 Å². The molecule has 4 rings (SSSR count). The lowest BCUT2D eigenvalue weighted by Crippen LogP contribution is -2.26. The van der Waals surface area contributed by atoms with Gasteiger partial charge in [0.1, 0.15) is 11.5 Å². The van der Waals surface area contributed by atoms with E-state index in [9.17, 15) is 13.2 Å². The predicted octanol–water partition coefficient (Wildman–Crippen LogP) is 4.74. The number of fused-ring (bicyclic) bond motifs is 1. The fraction of sp³-hybridized carbons (Fsp3) is 0.526. The molecule has 0 radical (unpaired) electrons. The molecular weight excluding hydrogens is 329 g/mol. The van der Waals surface area contributed by atoms with E-state index in [-0.39, 0.29) is 0 Å². The van der Waals surface area contributed by atoms with Crippen molar-refractivity contribution < 1.29 is 17.7 Å². The minimum Gasteiger partial charge on any atom is -0.361 e. The van der Waals surface area contributed by atoms with Crippen LogP contribution in [0.15, 0.2) is 28.8 Å². The van der Waals surface area contributed by atoms with Crippen LogP contribution >= 0.6 is 0 Å². The van der Waals surface area contributed by atoms with Crippen LogP contribution in [0, 0.1) is 0 Å². The van der Waals surface area contributed by atoms with Crippen LogP contribution in [0.3, 0.4) is 0 Å². The summed E-state index contributed by atoms with van der Waals surface area (Å²) in [4.78, 5) is 2.31. The van der Waals surface area contributed by atoms with Gasteiger partial charge in [-0.05, 0) is 49.8 Å². The lowest BCUT2D eigenvalue weighted by molar-refractivity contribution is -0.137. The Bertz CT molecular complexity index is 732. The van der Waals surface area contributed by atoms with Gasteiger partial charge in [-0.1, -0.05) is 17.3 Å². The molecule has 1 saturated carbocycles. The third-order valence-corrected chi connectivity index (χ3v) is 5.11. The molecule has 0 atom stereocenters. The molecule has 1 fully saturated rings. The Morgan fingerprint density at radius 1 is 1.04 bits per heavy atom. The lowest BCUT2D eigenvalue weighted by atomic mass is 9.96. The first-order valence-corrected chi connectivity index (χ1v) is 8.87. The van der Waals surface area contributed by atoms with E-state index >= 15 is 0 Å². The molecule has 1 aromatic heterocycles. The van der Waals surface area contributed by atoms with Crippen molar-refractivity contribution in [1.29, 1.82) is 0 Å². The van der Waals surface area contributed by atoms with Crippen molar-refractivity contribution in [3.8, 4) is 0 Å². The minimum absolute atomic E-state index is 0.498. The first kappa shape index (κ1) is 16.6. The van der Waals surface area contributed by atoms with E-state index in [0.717, 1.165) is 49.1 Å². The molecule has 1 aromatic carbocycles. The second kappa shape index (κ2) is 6.48. The molecular formula is C19H21F3N2O. The Kier molecular flexibility index (Phi) is 4.31. The van der Waals surface area contributed by atoms with Crippen molar-refractivity contribution in [3.05, 3.63) is 52.4 Å². The van der Waals surface area contributed by atoms with E-state index < -0.39 is 11.7 Å². The van der Waals surface area contributed by atoms with Crippen LogP contribution in [0.25, 0.3) is 0 Å². The maximum Gasteiger partial charge on any atom is 0.416 e. The summed E-state index contributed by atoms with van der Waals surface area (Å²) in [5.74, 6) is 1.02. The third kappa shape index (κ3) is 3.73. The summed E-state index contributed by atoms with van der Waals surface area (Å²) in [7, 11) is 0. The largest absolute Gasteiger partial charge is 0.416 e. The van der Waals surface area contributed by atoms with Crippen molar-refractivity contribution in [1.82, 2.24) is 10.1 Å². The normalized spacial score (nSPS) is 17.8. The summed E-state index contributed by atoms with van der Waals surface area (Å²) in [5, 5.41) is 4.27. The van der Waals surface area contributed by atoms with Crippen LogP contribution in [-0.4, -0.2) is 16.1 Å². The fourth-order valence-corrected chi connectivity index (χ4v) is 3.55. The topological polar surface area (TPSA) is 29.3 Å². The zero-order valence-corrected chi connectivity index (χ0v) is 14.0. The fourth-order valence-electron chi connectivity index (χ4n) is 3.55. The van der Waals surface area contributed by atoms with Crippen LogP contribution in [0.5, 0.6) is 0 Å². The maximum atomic E-state index is 12.7. The Morgan fingerprint density at radius 2 is 1.76 bits per heavy atom. The lowest BCUT2D eigenvalue weighted by Gasteiger charge is -2.22. The molecule has 0 saturated heterocycles. The highest BCUT2D eigenvalue weighted by atomic mass is 19.4. The summed E-state index contributed by atoms with van der Waals surface area (Å²) < 4.78 is 43.6. The van der Waals surface area contributed by atoms with Gasteiger partial charge >= 0.3 is 6.18 Å². The summed E-state index contributed by atoms with van der Waals surface area (Å²) in [6.07, 6.45) is 2.30. The molecule has 2 aliphatic carbocycles. The average molecular weight is 350 g/mol. The van der Waals surface area contributed by atoms with Crippen molar-refractivity contribution in [2.75, 3.05) is 0 Å². The van der Waals surface area contributed by atoms with Gasteiger partial charge < -0.3 is 4.52 Å². The standard InChI is InChI=1S/C19H21F3N2O/c20-19(21,22)14-7-5-13(6-8-14)11-24(15-9-10-15)12-17-16-3-1-2-4-18(16)25-23-17/h5-8,15H,1-4,9-12H2. The van der Waals surface area contributed by atoms with E-state index in [4.69, 9.17) is 4.52 Å². The second-order valence-electron chi connectivity index (χ2n) is 7.07. The summed E-state index contributed by atoms with van der Waals surface area (Å²) in [6, 6.07) is 5.99. The Morgan fingerprint density at radius 3 is 2.44 bits per heavy atom. The monoisotopic (exact) mass is 350 g/mol. The van der Waals surface area contributed by atoms with E-state index in [1.807, 2.05) is 0 Å². The van der Waals surface area contributed by atoms with Gasteiger partial charge in [-0.25, -0.2) is 0 Å². The number of hydrogen-bond donors (Lipinski definition) is 0. The number of rotatable bonds is 5. The average Bonchev–Trinajstić information content (AvgIpc) is 3.36. The first-order valence-electron chi connectivity index (χ1n) is 8.87. The zero-order chi connectivity index (χ0) is 17.4. The van der Waals surface area contributed by atoms with Crippen LogP contribution in [0.4, 0.5) is 13.2 Å². The SMILES string of the molecule is FC(F)(F)c1ccc(CN(Cc2noc3c2CCCC3)C2CC2)cc1. The number of aryl methyl sites for hydroxylation is 1. The summed E-state index contributed by atoms with van der Waals surface area (Å²) in [6.45, 7) is 1.36. The Labute approximate surface area is 144 Å².